The third-order valence-corrected chi connectivity index (χ3v) is 12.7. The van der Waals surface area contributed by atoms with Crippen LogP contribution in [0.15, 0.2) is 78.7 Å². The van der Waals surface area contributed by atoms with Crippen LogP contribution < -0.4 is 10.2 Å². The van der Waals surface area contributed by atoms with Crippen LogP contribution in [0.5, 0.6) is 5.75 Å². The lowest BCUT2D eigenvalue weighted by Gasteiger charge is -2.35. The molecule has 1 aliphatic carbocycles. The van der Waals surface area contributed by atoms with Gasteiger partial charge >= 0.3 is 0 Å². The highest BCUT2D eigenvalue weighted by atomic mass is 32.3. The lowest BCUT2D eigenvalue weighted by molar-refractivity contribution is 0.200. The molecule has 1 aromatic heterocycles. The van der Waals surface area contributed by atoms with E-state index in [4.69, 9.17) is 9.15 Å². The van der Waals surface area contributed by atoms with E-state index in [0.717, 1.165) is 31.5 Å². The highest BCUT2D eigenvalue weighted by Crippen LogP contribution is 2.33. The monoisotopic (exact) mass is 572 g/mol. The van der Waals surface area contributed by atoms with E-state index in [1.807, 2.05) is 19.1 Å². The Bertz CT molecular complexity index is 1510. The van der Waals surface area contributed by atoms with Gasteiger partial charge in [0.2, 0.25) is 11.2 Å². The average molecular weight is 573 g/mol. The Hall–Kier alpha value is -2.79. The first kappa shape index (κ1) is 27.8. The number of hydrogen-bond acceptors (Lipinski definition) is 6. The number of rotatable bonds is 8. The molecule has 0 spiro atoms. The minimum Gasteiger partial charge on any atom is -0.486 e. The van der Waals surface area contributed by atoms with Crippen molar-refractivity contribution in [3.8, 4) is 5.75 Å². The van der Waals surface area contributed by atoms with Crippen molar-refractivity contribution in [3.63, 3.8) is 0 Å². The smallest absolute Gasteiger partial charge is 0.288 e. The summed E-state index contributed by atoms with van der Waals surface area (Å²) < 4.78 is 52.2. The summed E-state index contributed by atoms with van der Waals surface area (Å²) in [4.78, 5) is 15.0. The SMILES string of the molecule is Cc1ccc(S(=O)(=O)N=[SH](C)(O)C2CCC(COc3coc(CN4Cc5ccccc5C4)cc3=O)CC2)cc1. The maximum Gasteiger partial charge on any atom is 0.288 e. The van der Waals surface area contributed by atoms with Crippen LogP contribution in [0.2, 0.25) is 0 Å². The molecular formula is C29H36N2O6S2. The van der Waals surface area contributed by atoms with E-state index in [0.29, 0.717) is 31.8 Å². The Kier molecular flexibility index (Phi) is 8.09. The highest BCUT2D eigenvalue weighted by molar-refractivity contribution is 8.07. The molecule has 1 aliphatic heterocycles. The number of thiol groups is 1. The molecule has 0 saturated heterocycles. The van der Waals surface area contributed by atoms with Gasteiger partial charge in [0.05, 0.1) is 18.0 Å². The third-order valence-electron chi connectivity index (χ3n) is 7.71. The second-order valence-corrected chi connectivity index (χ2v) is 15.6. The summed E-state index contributed by atoms with van der Waals surface area (Å²) in [5.41, 5.74) is 3.37. The minimum atomic E-state index is -3.92. The number of nitrogens with zero attached hydrogens (tertiary/aromatic N) is 2. The molecule has 8 nitrogen and oxygen atoms in total. The predicted molar refractivity (Wildman–Crippen MR) is 154 cm³/mol. The Morgan fingerprint density at radius 2 is 1.69 bits per heavy atom. The van der Waals surface area contributed by atoms with Gasteiger partial charge in [-0.05, 0) is 68.0 Å². The molecule has 1 fully saturated rings. The van der Waals surface area contributed by atoms with Crippen LogP contribution in [-0.4, -0.2) is 36.0 Å². The topological polar surface area (TPSA) is 109 Å². The number of aryl methyl sites for hydroxylation is 1. The largest absolute Gasteiger partial charge is 0.486 e. The summed E-state index contributed by atoms with van der Waals surface area (Å²) >= 11 is 0. The number of sulfonamides is 1. The fraction of sp³-hybridized carbons (Fsp3) is 0.414. The van der Waals surface area contributed by atoms with Crippen LogP contribution in [0.4, 0.5) is 0 Å². The molecule has 2 heterocycles. The normalized spacial score (nSPS) is 20.4. The van der Waals surface area contributed by atoms with Gasteiger partial charge in [-0.15, -0.1) is 3.77 Å². The molecule has 0 atom stereocenters. The van der Waals surface area contributed by atoms with Crippen LogP contribution >= 0.6 is 0 Å². The molecule has 1 saturated carbocycles. The average Bonchev–Trinajstić information content (AvgIpc) is 3.30. The van der Waals surface area contributed by atoms with Crippen molar-refractivity contribution in [2.45, 2.75) is 62.4 Å². The first-order valence-corrected chi connectivity index (χ1v) is 16.9. The van der Waals surface area contributed by atoms with Crippen molar-refractivity contribution < 1.29 is 22.1 Å². The van der Waals surface area contributed by atoms with E-state index < -0.39 is 20.1 Å². The number of fused-ring (bicyclic) bond motifs is 1. The lowest BCUT2D eigenvalue weighted by atomic mass is 9.89. The zero-order valence-corrected chi connectivity index (χ0v) is 24.0. The summed E-state index contributed by atoms with van der Waals surface area (Å²) in [5, 5.41) is -0.171. The molecular weight excluding hydrogens is 536 g/mol. The summed E-state index contributed by atoms with van der Waals surface area (Å²) in [6.45, 7) is 4.48. The molecule has 2 aliphatic rings. The van der Waals surface area contributed by atoms with Crippen LogP contribution in [-0.2, 0) is 39.8 Å². The Morgan fingerprint density at radius 1 is 1.05 bits per heavy atom. The van der Waals surface area contributed by atoms with Crippen molar-refractivity contribution in [2.24, 2.45) is 9.69 Å². The van der Waals surface area contributed by atoms with Crippen molar-refractivity contribution in [3.05, 3.63) is 93.5 Å². The molecule has 39 heavy (non-hydrogen) atoms. The second kappa shape index (κ2) is 11.4. The Morgan fingerprint density at radius 3 is 2.31 bits per heavy atom. The van der Waals surface area contributed by atoms with E-state index >= 15 is 0 Å². The Labute approximate surface area is 231 Å². The van der Waals surface area contributed by atoms with Gasteiger partial charge in [-0.2, -0.15) is 8.42 Å². The van der Waals surface area contributed by atoms with Crippen molar-refractivity contribution in [2.75, 3.05) is 12.9 Å². The van der Waals surface area contributed by atoms with E-state index in [2.05, 4.69) is 20.8 Å². The standard InChI is InChI=1S/C29H36N2O6S2/c1-21-7-11-27(12-8-21)39(34,35)30-38(2,33)26-13-9-22(10-14-26)19-37-29-20-36-25(15-28(29)32)18-31-16-23-5-3-4-6-24(23)17-31/h3-8,11-12,15,20,22,26,38H,9-10,13-14,16-19H2,1-2H3,(H,30,33). The van der Waals surface area contributed by atoms with Gasteiger partial charge in [0, 0.05) is 24.4 Å². The van der Waals surface area contributed by atoms with Crippen LogP contribution in [0.1, 0.15) is 48.1 Å². The second-order valence-electron chi connectivity index (χ2n) is 10.8. The summed E-state index contributed by atoms with van der Waals surface area (Å²) in [7, 11) is -6.96. The maximum absolute atomic E-state index is 12.8. The third kappa shape index (κ3) is 6.69. The zero-order chi connectivity index (χ0) is 27.6. The molecule has 3 aromatic rings. The summed E-state index contributed by atoms with van der Waals surface area (Å²) in [5.74, 6) is 1.01. The molecule has 0 bridgehead atoms. The van der Waals surface area contributed by atoms with Crippen molar-refractivity contribution in [1.82, 2.24) is 4.90 Å². The van der Waals surface area contributed by atoms with Gasteiger partial charge in [0.25, 0.3) is 10.0 Å². The molecule has 0 radical (unpaired) electrons. The van der Waals surface area contributed by atoms with Gasteiger partial charge in [0.15, 0.2) is 0 Å². The van der Waals surface area contributed by atoms with E-state index in [9.17, 15) is 17.8 Å². The fourth-order valence-corrected chi connectivity index (χ4v) is 9.82. The maximum atomic E-state index is 12.8. The van der Waals surface area contributed by atoms with Gasteiger partial charge in [-0.25, -0.2) is 0 Å². The molecule has 210 valence electrons. The van der Waals surface area contributed by atoms with Crippen molar-refractivity contribution >= 4 is 20.1 Å². The molecule has 5 rings (SSSR count). The van der Waals surface area contributed by atoms with Crippen molar-refractivity contribution in [1.29, 1.82) is 0 Å². The summed E-state index contributed by atoms with van der Waals surface area (Å²) in [6.07, 6.45) is 5.83. The van der Waals surface area contributed by atoms with Crippen LogP contribution in [0, 0.1) is 12.8 Å². The highest BCUT2D eigenvalue weighted by Gasteiger charge is 2.29. The van der Waals surface area contributed by atoms with Crippen LogP contribution in [0.25, 0.3) is 0 Å². The number of ether oxygens (including phenoxy) is 1. The first-order chi connectivity index (χ1) is 18.6. The minimum absolute atomic E-state index is 0.103. The van der Waals surface area contributed by atoms with E-state index in [-0.39, 0.29) is 27.2 Å². The van der Waals surface area contributed by atoms with Crippen LogP contribution in [0.3, 0.4) is 0 Å². The zero-order valence-electron chi connectivity index (χ0n) is 22.3. The molecule has 2 aromatic carbocycles. The Balaban J connectivity index is 1.13. The lowest BCUT2D eigenvalue weighted by Crippen LogP contribution is -2.33. The van der Waals surface area contributed by atoms with Gasteiger partial charge in [-0.1, -0.05) is 52.1 Å². The predicted octanol–water partition coefficient (Wildman–Crippen LogP) is 4.96. The van der Waals surface area contributed by atoms with E-state index in [1.54, 1.807) is 18.4 Å². The number of hydrogen-bond donors (Lipinski definition) is 2. The number of benzene rings is 2. The molecule has 10 heteroatoms. The van der Waals surface area contributed by atoms with Gasteiger partial charge < -0.3 is 13.7 Å². The quantitative estimate of drug-likeness (QED) is 0.367. The molecule has 0 amide bonds. The van der Waals surface area contributed by atoms with E-state index in [1.165, 1.54) is 35.6 Å². The summed E-state index contributed by atoms with van der Waals surface area (Å²) in [6, 6.07) is 16.3. The first-order valence-electron chi connectivity index (χ1n) is 13.3. The molecule has 0 unspecified atom stereocenters. The van der Waals surface area contributed by atoms with Gasteiger partial charge in [-0.3, -0.25) is 9.69 Å². The van der Waals surface area contributed by atoms with Gasteiger partial charge in [0.1, 0.15) is 12.0 Å². The molecule has 1 N–H and O–H groups in total. The fourth-order valence-electron chi connectivity index (χ4n) is 5.41.